The van der Waals surface area contributed by atoms with Crippen molar-refractivity contribution in [1.29, 1.82) is 0 Å². The Morgan fingerprint density at radius 3 is 2.75 bits per heavy atom. The summed E-state index contributed by atoms with van der Waals surface area (Å²) >= 11 is 3.54. The molecule has 0 saturated heterocycles. The number of nitrogens with zero attached hydrogens (tertiary/aromatic N) is 3. The summed E-state index contributed by atoms with van der Waals surface area (Å²) in [5, 5.41) is 13.3. The van der Waals surface area contributed by atoms with Gasteiger partial charge in [0.25, 0.3) is 0 Å². The summed E-state index contributed by atoms with van der Waals surface area (Å²) in [6, 6.07) is 15.1. The van der Waals surface area contributed by atoms with Crippen molar-refractivity contribution in [1.82, 2.24) is 15.0 Å². The van der Waals surface area contributed by atoms with Crippen molar-refractivity contribution < 1.29 is 9.84 Å². The number of aliphatic hydroxyl groups is 1. The van der Waals surface area contributed by atoms with E-state index >= 15 is 0 Å². The highest BCUT2D eigenvalue weighted by Gasteiger charge is 2.08. The van der Waals surface area contributed by atoms with E-state index in [0.717, 1.165) is 32.2 Å². The fourth-order valence-electron chi connectivity index (χ4n) is 2.72. The van der Waals surface area contributed by atoms with Gasteiger partial charge in [-0.05, 0) is 45.8 Å². The first kappa shape index (κ1) is 18.3. The Bertz CT molecular complexity index is 1110. The maximum absolute atomic E-state index is 9.28. The van der Waals surface area contributed by atoms with Crippen molar-refractivity contribution in [3.05, 3.63) is 82.7 Å². The minimum absolute atomic E-state index is 0.0141. The monoisotopic (exact) mass is 436 g/mol. The number of rotatable bonds is 6. The molecule has 0 amide bonds. The summed E-state index contributed by atoms with van der Waals surface area (Å²) < 4.78 is 6.76. The van der Waals surface area contributed by atoms with Crippen LogP contribution < -0.4 is 10.1 Å². The van der Waals surface area contributed by atoms with E-state index < -0.39 is 0 Å². The first-order valence-corrected chi connectivity index (χ1v) is 9.45. The lowest BCUT2D eigenvalue weighted by Crippen LogP contribution is -1.99. The second kappa shape index (κ2) is 8.33. The molecule has 140 valence electrons. The number of aliphatic hydroxyl groups excluding tert-OH is 1. The number of fused-ring (bicyclic) bond motifs is 1. The van der Waals surface area contributed by atoms with Gasteiger partial charge in [0.05, 0.1) is 16.6 Å². The summed E-state index contributed by atoms with van der Waals surface area (Å²) in [5.41, 5.74) is 3.39. The maximum Gasteiger partial charge on any atom is 0.227 e. The van der Waals surface area contributed by atoms with Gasteiger partial charge in [-0.2, -0.15) is 0 Å². The summed E-state index contributed by atoms with van der Waals surface area (Å²) in [4.78, 5) is 13.0. The van der Waals surface area contributed by atoms with Crippen molar-refractivity contribution in [3.63, 3.8) is 0 Å². The molecule has 0 fully saturated rings. The molecule has 0 atom stereocenters. The van der Waals surface area contributed by atoms with E-state index in [2.05, 4.69) is 36.2 Å². The van der Waals surface area contributed by atoms with Crippen molar-refractivity contribution in [3.8, 4) is 5.75 Å². The molecule has 0 aliphatic rings. The van der Waals surface area contributed by atoms with E-state index in [4.69, 9.17) is 4.74 Å². The molecule has 0 aliphatic carbocycles. The minimum Gasteiger partial charge on any atom is -0.488 e. The van der Waals surface area contributed by atoms with Gasteiger partial charge in [0.1, 0.15) is 12.4 Å². The number of hydrogen-bond donors (Lipinski definition) is 2. The number of benzene rings is 2. The van der Waals surface area contributed by atoms with Gasteiger partial charge >= 0.3 is 0 Å². The molecule has 0 saturated carbocycles. The lowest BCUT2D eigenvalue weighted by atomic mass is 10.2. The molecule has 0 aliphatic heterocycles. The van der Waals surface area contributed by atoms with E-state index in [9.17, 15) is 5.11 Å². The van der Waals surface area contributed by atoms with Crippen molar-refractivity contribution in [2.45, 2.75) is 13.2 Å². The standard InChI is InChI=1S/C21H17BrN4O2/c22-18-8-16-11-24-21(25-17-5-1-3-14(7-17)12-27)26-19(16)9-20(18)28-13-15-4-2-6-23-10-15/h1-11,27H,12-13H2,(H,24,25,26). The lowest BCUT2D eigenvalue weighted by molar-refractivity contribution is 0.282. The Balaban J connectivity index is 1.58. The van der Waals surface area contributed by atoms with Crippen LogP contribution in [-0.4, -0.2) is 20.1 Å². The molecule has 7 heteroatoms. The van der Waals surface area contributed by atoms with Crippen LogP contribution in [-0.2, 0) is 13.2 Å². The lowest BCUT2D eigenvalue weighted by Gasteiger charge is -2.11. The topological polar surface area (TPSA) is 80.2 Å². The van der Waals surface area contributed by atoms with E-state index in [1.54, 1.807) is 18.6 Å². The van der Waals surface area contributed by atoms with Gasteiger partial charge in [0.15, 0.2) is 0 Å². The quantitative estimate of drug-likeness (QED) is 0.459. The smallest absolute Gasteiger partial charge is 0.227 e. The summed E-state index contributed by atoms with van der Waals surface area (Å²) in [7, 11) is 0. The second-order valence-corrected chi connectivity index (χ2v) is 7.02. The SMILES string of the molecule is OCc1cccc(Nc2ncc3cc(Br)c(OCc4cccnc4)cc3n2)c1. The maximum atomic E-state index is 9.28. The number of nitrogens with one attached hydrogen (secondary N) is 1. The average molecular weight is 437 g/mol. The Morgan fingerprint density at radius 1 is 1.04 bits per heavy atom. The zero-order valence-corrected chi connectivity index (χ0v) is 16.4. The fourth-order valence-corrected chi connectivity index (χ4v) is 3.20. The van der Waals surface area contributed by atoms with Gasteiger partial charge in [-0.25, -0.2) is 9.97 Å². The fraction of sp³-hybridized carbons (Fsp3) is 0.0952. The van der Waals surface area contributed by atoms with Crippen molar-refractivity contribution in [2.24, 2.45) is 0 Å². The highest BCUT2D eigenvalue weighted by atomic mass is 79.9. The summed E-state index contributed by atoms with van der Waals surface area (Å²) in [6.07, 6.45) is 5.27. The summed E-state index contributed by atoms with van der Waals surface area (Å²) in [5.74, 6) is 1.17. The predicted molar refractivity (Wildman–Crippen MR) is 111 cm³/mol. The molecule has 28 heavy (non-hydrogen) atoms. The Kier molecular flexibility index (Phi) is 5.45. The normalized spacial score (nSPS) is 10.8. The van der Waals surface area contributed by atoms with E-state index in [0.29, 0.717) is 18.3 Å². The third-order valence-electron chi connectivity index (χ3n) is 4.12. The van der Waals surface area contributed by atoms with Gasteiger partial charge in [-0.1, -0.05) is 18.2 Å². The van der Waals surface area contributed by atoms with Crippen LogP contribution in [0.1, 0.15) is 11.1 Å². The first-order valence-electron chi connectivity index (χ1n) is 8.66. The molecule has 2 aromatic carbocycles. The van der Waals surface area contributed by atoms with E-state index in [-0.39, 0.29) is 6.61 Å². The summed E-state index contributed by atoms with van der Waals surface area (Å²) in [6.45, 7) is 0.405. The molecule has 0 spiro atoms. The van der Waals surface area contributed by atoms with Crippen LogP contribution in [0.4, 0.5) is 11.6 Å². The Hall–Kier alpha value is -3.03. The molecule has 4 rings (SSSR count). The number of pyridine rings is 1. The van der Waals surface area contributed by atoms with Crippen LogP contribution in [0.25, 0.3) is 10.9 Å². The van der Waals surface area contributed by atoms with Crippen LogP contribution >= 0.6 is 15.9 Å². The first-order chi connectivity index (χ1) is 13.7. The highest BCUT2D eigenvalue weighted by Crippen LogP contribution is 2.30. The largest absolute Gasteiger partial charge is 0.488 e. The number of halogens is 1. The third kappa shape index (κ3) is 4.27. The number of aromatic nitrogens is 3. The van der Waals surface area contributed by atoms with Crippen molar-refractivity contribution >= 4 is 38.5 Å². The molecule has 2 heterocycles. The van der Waals surface area contributed by atoms with Gasteiger partial charge in [0.2, 0.25) is 5.95 Å². The van der Waals surface area contributed by atoms with Crippen LogP contribution in [0.3, 0.4) is 0 Å². The molecule has 0 unspecified atom stereocenters. The van der Waals surface area contributed by atoms with Gasteiger partial charge in [0, 0.05) is 41.3 Å². The molecule has 0 bridgehead atoms. The van der Waals surface area contributed by atoms with Crippen molar-refractivity contribution in [2.75, 3.05) is 5.32 Å². The van der Waals surface area contributed by atoms with Crippen LogP contribution in [0.5, 0.6) is 5.75 Å². The molecular weight excluding hydrogens is 420 g/mol. The van der Waals surface area contributed by atoms with Gasteiger partial charge in [-0.3, -0.25) is 4.98 Å². The molecular formula is C21H17BrN4O2. The number of ether oxygens (including phenoxy) is 1. The van der Waals surface area contributed by atoms with E-state index in [1.165, 1.54) is 0 Å². The third-order valence-corrected chi connectivity index (χ3v) is 4.74. The number of hydrogen-bond acceptors (Lipinski definition) is 6. The van der Waals surface area contributed by atoms with Gasteiger partial charge in [-0.15, -0.1) is 0 Å². The number of anilines is 2. The zero-order valence-electron chi connectivity index (χ0n) is 14.8. The molecule has 2 aromatic heterocycles. The molecule has 4 aromatic rings. The Morgan fingerprint density at radius 2 is 1.93 bits per heavy atom. The predicted octanol–water partition coefficient (Wildman–Crippen LogP) is 4.60. The van der Waals surface area contributed by atoms with Crippen LogP contribution in [0, 0.1) is 0 Å². The molecule has 2 N–H and O–H groups in total. The van der Waals surface area contributed by atoms with Gasteiger partial charge < -0.3 is 15.2 Å². The molecule has 6 nitrogen and oxygen atoms in total. The zero-order chi connectivity index (χ0) is 19.3. The van der Waals surface area contributed by atoms with Crippen LogP contribution in [0.2, 0.25) is 0 Å². The second-order valence-electron chi connectivity index (χ2n) is 6.17. The van der Waals surface area contributed by atoms with E-state index in [1.807, 2.05) is 48.5 Å². The average Bonchev–Trinajstić information content (AvgIpc) is 2.73. The highest BCUT2D eigenvalue weighted by molar-refractivity contribution is 9.10. The Labute approximate surface area is 170 Å². The van der Waals surface area contributed by atoms with Crippen LogP contribution in [0.15, 0.2) is 71.6 Å². The molecule has 0 radical (unpaired) electrons. The minimum atomic E-state index is -0.0141.